The molecule has 12 N–H and O–H groups in total. The van der Waals surface area contributed by atoms with Gasteiger partial charge in [0, 0.05) is 7.11 Å². The highest BCUT2D eigenvalue weighted by Gasteiger charge is 2.92. The lowest BCUT2D eigenvalue weighted by Crippen LogP contribution is -3.07. The van der Waals surface area contributed by atoms with Crippen LogP contribution >= 0.6 is 0 Å². The zero-order valence-electron chi connectivity index (χ0n) is 27.0. The third kappa shape index (κ3) is 11.6. The van der Waals surface area contributed by atoms with Crippen LogP contribution in [0.2, 0.25) is 39.3 Å². The molecule has 0 fully saturated rings. The minimum atomic E-state index is -5.70. The molecule has 0 aliphatic heterocycles. The van der Waals surface area contributed by atoms with Crippen LogP contribution in [0.25, 0.3) is 0 Å². The van der Waals surface area contributed by atoms with Gasteiger partial charge in [0.05, 0.1) is 9.76 Å². The highest BCUT2D eigenvalue weighted by molar-refractivity contribution is 8.16. The molecule has 0 aromatic carbocycles. The second kappa shape index (κ2) is 23.5. The molecule has 0 aliphatic rings. The SMILES string of the molecule is CO[Si](C)([Si])O[Si]([Si](O[Si]O)([Si]O)[Si]O)([Si](O[Si]O)([Si]O)[Si]O)[Si](O[Si](C)O[Si](C)(C)C)(O[Si](O[Si]O)([Si]O)[Si]O)[Si](O[Si]O)([Si]O)[Si](C)O. The summed E-state index contributed by atoms with van der Waals surface area (Å²) in [7, 11) is -35.0. The molecule has 3 atom stereocenters. The third-order valence-electron chi connectivity index (χ3n) is 6.06. The van der Waals surface area contributed by atoms with E-state index in [1.54, 1.807) is 19.6 Å². The Labute approximate surface area is 330 Å². The quantitative estimate of drug-likeness (QED) is 0.0310. The van der Waals surface area contributed by atoms with Crippen LogP contribution in [0.5, 0.6) is 0 Å². The summed E-state index contributed by atoms with van der Waals surface area (Å²) in [6.45, 7) is -11.0. The molecule has 0 aromatic heterocycles. The van der Waals surface area contributed by atoms with E-state index in [4.69, 9.17) is 37.3 Å². The van der Waals surface area contributed by atoms with E-state index in [0.29, 0.717) is 0 Å². The van der Waals surface area contributed by atoms with Gasteiger partial charge >= 0.3 is 64.5 Å². The zero-order valence-corrected chi connectivity index (χ0v) is 49.0. The molecule has 27 radical (unpaired) electrons. The van der Waals surface area contributed by atoms with Crippen LogP contribution in [-0.2, 0) is 37.3 Å². The van der Waals surface area contributed by atoms with Crippen molar-refractivity contribution in [3.63, 3.8) is 0 Å². The summed E-state index contributed by atoms with van der Waals surface area (Å²) in [6.07, 6.45) is 0. The lowest BCUT2D eigenvalue weighted by Gasteiger charge is -2.63. The average molecular weight is 1070 g/mol. The van der Waals surface area contributed by atoms with Gasteiger partial charge in [0.25, 0.3) is 40.4 Å². The summed E-state index contributed by atoms with van der Waals surface area (Å²) < 4.78 is 56.5. The van der Waals surface area contributed by atoms with Crippen molar-refractivity contribution in [3.8, 4) is 0 Å². The first-order chi connectivity index (χ1) is 23.2. The maximum Gasteiger partial charge on any atom is 0.420 e. The fourth-order valence-electron chi connectivity index (χ4n) is 4.23. The first-order valence-corrected chi connectivity index (χ1v) is 57.1. The van der Waals surface area contributed by atoms with Crippen molar-refractivity contribution >= 4 is 192 Å². The molecule has 50 heavy (non-hydrogen) atoms. The zero-order chi connectivity index (χ0) is 39.3. The molecule has 0 amide bonds. The molecule has 0 heterocycles. The second-order valence-electron chi connectivity index (χ2n) is 10.3. The van der Waals surface area contributed by atoms with Gasteiger partial charge in [-0.05, 0) is 39.3 Å². The summed E-state index contributed by atoms with van der Waals surface area (Å²) in [5.74, 6) is 0. The summed E-state index contributed by atoms with van der Waals surface area (Å²) in [4.78, 5) is 132. The molecule has 0 aromatic rings. The van der Waals surface area contributed by atoms with Crippen molar-refractivity contribution in [2.75, 3.05) is 7.11 Å². The molecule has 0 spiro atoms. The van der Waals surface area contributed by atoms with Crippen LogP contribution in [0, 0.1) is 0 Å². The van der Waals surface area contributed by atoms with Crippen LogP contribution in [-0.4, -0.2) is 256 Å². The Morgan fingerprint density at radius 2 is 0.980 bits per heavy atom. The Kier molecular flexibility index (Phi) is 25.4. The highest BCUT2D eigenvalue weighted by Crippen LogP contribution is 2.45. The van der Waals surface area contributed by atoms with Gasteiger partial charge < -0.3 is 94.9 Å². The second-order valence-corrected chi connectivity index (χ2v) is 99.5. The molecule has 43 heteroatoms. The maximum absolute atomic E-state index is 11.9. The van der Waals surface area contributed by atoms with Crippen molar-refractivity contribution in [2.45, 2.75) is 39.3 Å². The molecule has 21 nitrogen and oxygen atoms in total. The summed E-state index contributed by atoms with van der Waals surface area (Å²) in [5.41, 5.74) is 0. The van der Waals surface area contributed by atoms with Gasteiger partial charge in [0.2, 0.25) is 68.7 Å². The van der Waals surface area contributed by atoms with E-state index in [2.05, 4.69) is 9.76 Å². The summed E-state index contributed by atoms with van der Waals surface area (Å²) in [6, 6.07) is 0. The van der Waals surface area contributed by atoms with Crippen molar-refractivity contribution in [2.24, 2.45) is 0 Å². The number of rotatable bonds is 29. The smallest absolute Gasteiger partial charge is 0.420 e. The van der Waals surface area contributed by atoms with E-state index >= 15 is 0 Å². The predicted molar refractivity (Wildman–Crippen MR) is 204 cm³/mol. The first kappa shape index (κ1) is 53.9. The Morgan fingerprint density at radius 1 is 0.560 bits per heavy atom. The molecule has 0 bridgehead atoms. The van der Waals surface area contributed by atoms with E-state index in [1.165, 1.54) is 26.8 Å². The minimum Gasteiger partial charge on any atom is -0.438 e. The highest BCUT2D eigenvalue weighted by atomic mass is 30.4. The van der Waals surface area contributed by atoms with E-state index in [1.807, 2.05) is 0 Å². The largest absolute Gasteiger partial charge is 0.438 e. The lowest BCUT2D eigenvalue weighted by molar-refractivity contribution is 0.306. The standard InChI is InChI=1S/C7H33O21Si22/c1-20-44(7,29)27-50(47(36-14,37-15)22-31-9,48(38-16,39-17)23-32-10)46(26-42(3)25-43(4,5)6,28-45(34-12,35-13)21-30-8)49(40-18,24-33-11)41(2)19/h8-19H,1-7H3. The Bertz CT molecular complexity index is 934. The van der Waals surface area contributed by atoms with Gasteiger partial charge in [-0.15, -0.1) is 0 Å². The van der Waals surface area contributed by atoms with Crippen molar-refractivity contribution < 1.29 is 94.9 Å². The van der Waals surface area contributed by atoms with Gasteiger partial charge in [-0.3, -0.25) is 0 Å². The van der Waals surface area contributed by atoms with Crippen LogP contribution in [0.4, 0.5) is 0 Å². The van der Waals surface area contributed by atoms with Crippen LogP contribution in [0.3, 0.4) is 0 Å². The van der Waals surface area contributed by atoms with Crippen LogP contribution in [0.15, 0.2) is 0 Å². The molecule has 0 saturated carbocycles. The summed E-state index contributed by atoms with van der Waals surface area (Å²) in [5, 5.41) is 0. The Hall–Kier alpha value is 3.93. The third-order valence-corrected chi connectivity index (χ3v) is 161. The fraction of sp³-hybridized carbons (Fsp3) is 1.00. The lowest BCUT2D eigenvalue weighted by atomic mass is 11.8. The number of hydrogen-bond donors (Lipinski definition) is 12. The fourth-order valence-corrected chi connectivity index (χ4v) is 263. The van der Waals surface area contributed by atoms with E-state index < -0.39 is 182 Å². The molecule has 0 aliphatic carbocycles. The van der Waals surface area contributed by atoms with Crippen LogP contribution in [0.1, 0.15) is 0 Å². The van der Waals surface area contributed by atoms with Crippen molar-refractivity contribution in [1.29, 1.82) is 0 Å². The van der Waals surface area contributed by atoms with Gasteiger partial charge in [-0.2, -0.15) is 0 Å². The maximum atomic E-state index is 11.9. The van der Waals surface area contributed by atoms with Crippen molar-refractivity contribution in [3.05, 3.63) is 0 Å². The average Bonchev–Trinajstić information content (AvgIpc) is 3.06. The van der Waals surface area contributed by atoms with Gasteiger partial charge in [-0.1, -0.05) is 0 Å². The van der Waals surface area contributed by atoms with Gasteiger partial charge in [-0.25, -0.2) is 0 Å². The number of hydrogen-bond acceptors (Lipinski definition) is 21. The Balaban J connectivity index is 10.0. The van der Waals surface area contributed by atoms with Crippen molar-refractivity contribution in [1.82, 2.24) is 0 Å². The van der Waals surface area contributed by atoms with Gasteiger partial charge in [0.1, 0.15) is 0 Å². The molecule has 3 unspecified atom stereocenters. The molecule has 0 rings (SSSR count). The first-order valence-electron chi connectivity index (χ1n) is 12.8. The monoisotopic (exact) mass is 1070 g/mol. The Morgan fingerprint density at radius 3 is 1.26 bits per heavy atom. The van der Waals surface area contributed by atoms with Crippen LogP contribution < -0.4 is 0 Å². The summed E-state index contributed by atoms with van der Waals surface area (Å²) >= 11 is 0. The predicted octanol–water partition coefficient (Wildman–Crippen LogP) is -12.0. The molecule has 0 saturated heterocycles. The van der Waals surface area contributed by atoms with E-state index in [9.17, 15) is 57.5 Å². The van der Waals surface area contributed by atoms with E-state index in [-0.39, 0.29) is 0 Å². The molecular formula is C7H33O21Si22. The molecule has 275 valence electrons. The minimum absolute atomic E-state index is 1.21. The normalized spacial score (nSPS) is 17.6. The van der Waals surface area contributed by atoms with Gasteiger partial charge in [0.15, 0.2) is 8.32 Å². The molecular weight excluding hydrogens is 1040 g/mol. The topological polar surface area (TPSA) is 326 Å². The van der Waals surface area contributed by atoms with E-state index in [0.717, 1.165) is 0 Å².